The van der Waals surface area contributed by atoms with Crippen molar-refractivity contribution in [2.24, 2.45) is 5.73 Å². The number of rotatable bonds is 4. The first-order chi connectivity index (χ1) is 12.2. The topological polar surface area (TPSA) is 60.0 Å². The molecular weight excluding hydrogens is 334 g/mol. The highest BCUT2D eigenvalue weighted by atomic mass is 35.5. The third-order valence-electron chi connectivity index (χ3n) is 4.78. The maximum Gasteiger partial charge on any atom is 0.138 e. The van der Waals surface area contributed by atoms with Gasteiger partial charge in [-0.3, -0.25) is 4.90 Å². The normalized spacial score (nSPS) is 20.9. The zero-order valence-corrected chi connectivity index (χ0v) is 14.5. The van der Waals surface area contributed by atoms with Crippen molar-refractivity contribution in [2.75, 3.05) is 13.1 Å². The van der Waals surface area contributed by atoms with Gasteiger partial charge in [-0.2, -0.15) is 5.10 Å². The van der Waals surface area contributed by atoms with Crippen LogP contribution in [-0.4, -0.2) is 38.8 Å². The van der Waals surface area contributed by atoms with E-state index < -0.39 is 0 Å². The van der Waals surface area contributed by atoms with Gasteiger partial charge < -0.3 is 5.73 Å². The van der Waals surface area contributed by atoms with E-state index in [4.69, 9.17) is 17.3 Å². The summed E-state index contributed by atoms with van der Waals surface area (Å²) in [6.07, 6.45) is 3.22. The van der Waals surface area contributed by atoms with Gasteiger partial charge in [-0.25, -0.2) is 9.67 Å². The molecule has 0 spiro atoms. The van der Waals surface area contributed by atoms with E-state index in [-0.39, 0.29) is 6.04 Å². The number of halogens is 1. The highest BCUT2D eigenvalue weighted by molar-refractivity contribution is 6.30. The summed E-state index contributed by atoms with van der Waals surface area (Å²) in [5.74, 6) is 0.364. The van der Waals surface area contributed by atoms with Crippen LogP contribution in [-0.2, 0) is 6.54 Å². The number of hydrogen-bond acceptors (Lipinski definition) is 4. The third-order valence-corrected chi connectivity index (χ3v) is 5.01. The second-order valence-corrected chi connectivity index (χ2v) is 6.92. The zero-order chi connectivity index (χ0) is 17.2. The van der Waals surface area contributed by atoms with Crippen LogP contribution in [0.4, 0.5) is 0 Å². The SMILES string of the molecule is N[C@@H]1CN(Cc2ccc(Cl)cc2-n2cncn2)C[C@H]1c1ccccc1. The van der Waals surface area contributed by atoms with Crippen LogP contribution in [0.1, 0.15) is 17.0 Å². The first-order valence-electron chi connectivity index (χ1n) is 8.37. The summed E-state index contributed by atoms with van der Waals surface area (Å²) < 4.78 is 1.76. The number of hydrogen-bond donors (Lipinski definition) is 1. The summed E-state index contributed by atoms with van der Waals surface area (Å²) in [5, 5.41) is 4.93. The Kier molecular flexibility index (Phi) is 4.53. The van der Waals surface area contributed by atoms with Crippen LogP contribution < -0.4 is 5.73 Å². The molecule has 0 aliphatic carbocycles. The zero-order valence-electron chi connectivity index (χ0n) is 13.8. The van der Waals surface area contributed by atoms with E-state index in [2.05, 4.69) is 45.3 Å². The van der Waals surface area contributed by atoms with E-state index in [1.807, 2.05) is 18.2 Å². The second-order valence-electron chi connectivity index (χ2n) is 6.49. The quantitative estimate of drug-likeness (QED) is 0.783. The Labute approximate surface area is 152 Å². The summed E-state index contributed by atoms with van der Waals surface area (Å²) in [6, 6.07) is 16.6. The molecule has 4 rings (SSSR count). The molecule has 2 N–H and O–H groups in total. The molecule has 0 radical (unpaired) electrons. The Bertz CT molecular complexity index is 834. The Morgan fingerprint density at radius 1 is 1.12 bits per heavy atom. The molecule has 2 aromatic carbocycles. The lowest BCUT2D eigenvalue weighted by molar-refractivity contribution is 0.323. The van der Waals surface area contributed by atoms with Crippen molar-refractivity contribution in [1.29, 1.82) is 0 Å². The van der Waals surface area contributed by atoms with Gasteiger partial charge in [0.15, 0.2) is 0 Å². The standard InChI is InChI=1S/C19H20ClN5/c20-16-7-6-15(19(8-16)25-13-22-12-23-25)9-24-10-17(18(21)11-24)14-4-2-1-3-5-14/h1-8,12-13,17-18H,9-11,21H2/t17-,18+/m0/s1. The molecule has 1 aromatic heterocycles. The van der Waals surface area contributed by atoms with Gasteiger partial charge in [-0.1, -0.05) is 48.0 Å². The molecule has 1 fully saturated rings. The average molecular weight is 354 g/mol. The first-order valence-corrected chi connectivity index (χ1v) is 8.75. The smallest absolute Gasteiger partial charge is 0.138 e. The molecule has 25 heavy (non-hydrogen) atoms. The van der Waals surface area contributed by atoms with Gasteiger partial charge in [-0.05, 0) is 23.3 Å². The molecule has 5 nitrogen and oxygen atoms in total. The minimum absolute atomic E-state index is 0.143. The summed E-state index contributed by atoms with van der Waals surface area (Å²) in [7, 11) is 0. The number of benzene rings is 2. The third kappa shape index (κ3) is 3.44. The second kappa shape index (κ2) is 6.96. The van der Waals surface area contributed by atoms with Gasteiger partial charge in [0.25, 0.3) is 0 Å². The molecular formula is C19H20ClN5. The maximum absolute atomic E-state index is 6.42. The minimum atomic E-state index is 0.143. The fourth-order valence-corrected chi connectivity index (χ4v) is 3.72. The molecule has 3 aromatic rings. The summed E-state index contributed by atoms with van der Waals surface area (Å²) >= 11 is 6.18. The van der Waals surface area contributed by atoms with E-state index in [9.17, 15) is 0 Å². The van der Waals surface area contributed by atoms with Crippen molar-refractivity contribution in [3.8, 4) is 5.69 Å². The van der Waals surface area contributed by atoms with Crippen molar-refractivity contribution >= 4 is 11.6 Å². The van der Waals surface area contributed by atoms with Crippen LogP contribution in [0.3, 0.4) is 0 Å². The fourth-order valence-electron chi connectivity index (χ4n) is 3.55. The molecule has 0 amide bonds. The molecule has 2 atom stereocenters. The van der Waals surface area contributed by atoms with Gasteiger partial charge >= 0.3 is 0 Å². The van der Waals surface area contributed by atoms with E-state index in [1.165, 1.54) is 11.9 Å². The summed E-state index contributed by atoms with van der Waals surface area (Å²) in [5.41, 5.74) is 9.85. The van der Waals surface area contributed by atoms with Gasteiger partial charge in [0, 0.05) is 36.6 Å². The van der Waals surface area contributed by atoms with Gasteiger partial charge in [0.05, 0.1) is 5.69 Å². The monoisotopic (exact) mass is 353 g/mol. The first kappa shape index (κ1) is 16.3. The number of nitrogens with two attached hydrogens (primary N) is 1. The van der Waals surface area contributed by atoms with Gasteiger partial charge in [-0.15, -0.1) is 0 Å². The Balaban J connectivity index is 1.56. The molecule has 2 heterocycles. The Hall–Kier alpha value is -2.21. The van der Waals surface area contributed by atoms with Crippen molar-refractivity contribution in [2.45, 2.75) is 18.5 Å². The summed E-state index contributed by atoms with van der Waals surface area (Å²) in [4.78, 5) is 6.43. The van der Waals surface area contributed by atoms with Crippen molar-refractivity contribution in [1.82, 2.24) is 19.7 Å². The number of nitrogens with zero attached hydrogens (tertiary/aromatic N) is 4. The fraction of sp³-hybridized carbons (Fsp3) is 0.263. The molecule has 0 unspecified atom stereocenters. The lowest BCUT2D eigenvalue weighted by Gasteiger charge is -2.18. The molecule has 1 aliphatic heterocycles. The van der Waals surface area contributed by atoms with Crippen LogP contribution in [0.2, 0.25) is 5.02 Å². The van der Waals surface area contributed by atoms with Crippen LogP contribution in [0, 0.1) is 0 Å². The molecule has 1 saturated heterocycles. The highest BCUT2D eigenvalue weighted by Crippen LogP contribution is 2.29. The molecule has 0 saturated carbocycles. The van der Waals surface area contributed by atoms with Crippen molar-refractivity contribution in [3.05, 3.63) is 77.3 Å². The Morgan fingerprint density at radius 3 is 2.72 bits per heavy atom. The van der Waals surface area contributed by atoms with E-state index in [0.29, 0.717) is 10.9 Å². The van der Waals surface area contributed by atoms with E-state index in [1.54, 1.807) is 11.0 Å². The summed E-state index contributed by atoms with van der Waals surface area (Å²) in [6.45, 7) is 2.63. The molecule has 128 valence electrons. The predicted molar refractivity (Wildman–Crippen MR) is 98.8 cm³/mol. The average Bonchev–Trinajstić information content (AvgIpc) is 3.27. The minimum Gasteiger partial charge on any atom is -0.326 e. The van der Waals surface area contributed by atoms with Crippen LogP contribution in [0.15, 0.2) is 61.2 Å². The van der Waals surface area contributed by atoms with Crippen molar-refractivity contribution in [3.63, 3.8) is 0 Å². The van der Waals surface area contributed by atoms with Crippen LogP contribution in [0.5, 0.6) is 0 Å². The predicted octanol–water partition coefficient (Wildman–Crippen LogP) is 2.85. The number of likely N-dealkylation sites (tertiary alicyclic amines) is 1. The van der Waals surface area contributed by atoms with E-state index >= 15 is 0 Å². The molecule has 0 bridgehead atoms. The lowest BCUT2D eigenvalue weighted by Crippen LogP contribution is -2.28. The molecule has 6 heteroatoms. The number of aromatic nitrogens is 3. The maximum atomic E-state index is 6.42. The van der Waals surface area contributed by atoms with Gasteiger partial charge in [0.2, 0.25) is 0 Å². The Morgan fingerprint density at radius 2 is 1.96 bits per heavy atom. The van der Waals surface area contributed by atoms with E-state index in [0.717, 1.165) is 30.9 Å². The van der Waals surface area contributed by atoms with Crippen LogP contribution in [0.25, 0.3) is 5.69 Å². The van der Waals surface area contributed by atoms with Gasteiger partial charge in [0.1, 0.15) is 12.7 Å². The lowest BCUT2D eigenvalue weighted by atomic mass is 9.95. The van der Waals surface area contributed by atoms with Crippen LogP contribution >= 0.6 is 11.6 Å². The largest absolute Gasteiger partial charge is 0.326 e. The van der Waals surface area contributed by atoms with Crippen molar-refractivity contribution < 1.29 is 0 Å². The molecule has 1 aliphatic rings. The highest BCUT2D eigenvalue weighted by Gasteiger charge is 2.31.